The van der Waals surface area contributed by atoms with Crippen LogP contribution in [0.1, 0.15) is 56.0 Å². The molecule has 4 rings (SSSR count). The lowest BCUT2D eigenvalue weighted by Gasteiger charge is -2.16. The number of carbonyl (C=O) groups is 1. The van der Waals surface area contributed by atoms with Crippen molar-refractivity contribution in [1.29, 1.82) is 0 Å². The van der Waals surface area contributed by atoms with Crippen LogP contribution in [0.5, 0.6) is 11.5 Å². The number of carboxylic acid groups (broad SMARTS) is 1. The Hall–Kier alpha value is -3.61. The summed E-state index contributed by atoms with van der Waals surface area (Å²) in [5, 5.41) is 9.31. The molecule has 3 aromatic rings. The predicted octanol–water partition coefficient (Wildman–Crippen LogP) is 5.99. The Morgan fingerprint density at radius 3 is 2.71 bits per heavy atom. The second-order valence-corrected chi connectivity index (χ2v) is 8.89. The van der Waals surface area contributed by atoms with Crippen LogP contribution in [0.3, 0.4) is 0 Å². The van der Waals surface area contributed by atoms with Gasteiger partial charge in [0.05, 0.1) is 24.9 Å². The molecular weight excluding hydrogens is 435 g/mol. The van der Waals surface area contributed by atoms with Crippen LogP contribution in [0.15, 0.2) is 54.4 Å². The first-order chi connectivity index (χ1) is 16.4. The van der Waals surface area contributed by atoms with Gasteiger partial charge in [-0.1, -0.05) is 17.7 Å². The van der Waals surface area contributed by atoms with Crippen LogP contribution in [0.2, 0.25) is 0 Å². The van der Waals surface area contributed by atoms with Gasteiger partial charge in [-0.25, -0.2) is 9.37 Å². The molecule has 1 aliphatic carbocycles. The smallest absolute Gasteiger partial charge is 0.303 e. The molecule has 0 saturated heterocycles. The van der Waals surface area contributed by atoms with E-state index in [1.807, 2.05) is 44.2 Å². The van der Waals surface area contributed by atoms with E-state index >= 15 is 0 Å². The summed E-state index contributed by atoms with van der Waals surface area (Å²) in [6.07, 6.45) is 5.77. The molecule has 1 heterocycles. The lowest BCUT2D eigenvalue weighted by atomic mass is 9.91. The van der Waals surface area contributed by atoms with Gasteiger partial charge in [0.15, 0.2) is 0 Å². The third-order valence-electron chi connectivity index (χ3n) is 5.97. The fraction of sp³-hybridized carbons (Fsp3) is 0.333. The van der Waals surface area contributed by atoms with Gasteiger partial charge in [-0.3, -0.25) is 9.36 Å². The molecule has 1 atom stereocenters. The number of rotatable bonds is 10. The summed E-state index contributed by atoms with van der Waals surface area (Å²) in [5.74, 6) is 0.450. The number of carboxylic acids is 1. The number of benzene rings is 2. The molecule has 34 heavy (non-hydrogen) atoms. The van der Waals surface area contributed by atoms with E-state index in [9.17, 15) is 14.3 Å². The highest BCUT2D eigenvalue weighted by molar-refractivity contribution is 5.68. The van der Waals surface area contributed by atoms with E-state index < -0.39 is 5.97 Å². The summed E-state index contributed by atoms with van der Waals surface area (Å²) in [5.41, 5.74) is 3.75. The zero-order valence-electron chi connectivity index (χ0n) is 19.6. The summed E-state index contributed by atoms with van der Waals surface area (Å²) in [6.45, 7) is 4.12. The third kappa shape index (κ3) is 5.47. The van der Waals surface area contributed by atoms with Gasteiger partial charge in [0.25, 0.3) is 0 Å². The number of aromatic nitrogens is 2. The summed E-state index contributed by atoms with van der Waals surface area (Å²) in [7, 11) is 1.54. The van der Waals surface area contributed by atoms with Crippen molar-refractivity contribution in [3.63, 3.8) is 0 Å². The second-order valence-electron chi connectivity index (χ2n) is 8.89. The van der Waals surface area contributed by atoms with Gasteiger partial charge in [0, 0.05) is 6.07 Å². The Labute approximate surface area is 198 Å². The molecular formula is C27H29FN2O4. The Balaban J connectivity index is 1.60. The number of methoxy groups -OCH3 is 1. The number of nitrogens with zero attached hydrogens (tertiary/aromatic N) is 2. The van der Waals surface area contributed by atoms with Gasteiger partial charge in [-0.2, -0.15) is 0 Å². The number of aliphatic carboxylic acids is 1. The number of hydrogen-bond acceptors (Lipinski definition) is 4. The minimum Gasteiger partial charge on any atom is -0.497 e. The van der Waals surface area contributed by atoms with Crippen LogP contribution in [-0.4, -0.2) is 27.7 Å². The second kappa shape index (κ2) is 10.1. The molecule has 6 nitrogen and oxygen atoms in total. The van der Waals surface area contributed by atoms with Crippen molar-refractivity contribution in [2.75, 3.05) is 7.11 Å². The molecule has 7 heteroatoms. The SMILES string of the molecule is COc1ccc(F)c(-n2cnc(COc3cccc(C(CC(=O)O)C4CC4)c3)c2C=C(C)C)c1. The molecule has 0 aliphatic heterocycles. The Morgan fingerprint density at radius 2 is 2.03 bits per heavy atom. The number of halogens is 1. The average molecular weight is 465 g/mol. The largest absolute Gasteiger partial charge is 0.497 e. The number of ether oxygens (including phenoxy) is 2. The van der Waals surface area contributed by atoms with E-state index in [4.69, 9.17) is 9.47 Å². The van der Waals surface area contributed by atoms with Crippen molar-refractivity contribution in [3.05, 3.63) is 77.1 Å². The monoisotopic (exact) mass is 464 g/mol. The van der Waals surface area contributed by atoms with Crippen LogP contribution < -0.4 is 9.47 Å². The Bertz CT molecular complexity index is 1210. The van der Waals surface area contributed by atoms with E-state index in [1.165, 1.54) is 6.07 Å². The van der Waals surface area contributed by atoms with Crippen LogP contribution >= 0.6 is 0 Å². The van der Waals surface area contributed by atoms with Gasteiger partial charge in [-0.15, -0.1) is 0 Å². The first-order valence-electron chi connectivity index (χ1n) is 11.3. The van der Waals surface area contributed by atoms with Crippen LogP contribution in [-0.2, 0) is 11.4 Å². The Kier molecular flexibility index (Phi) is 7.01. The summed E-state index contributed by atoms with van der Waals surface area (Å²) in [6, 6.07) is 12.2. The summed E-state index contributed by atoms with van der Waals surface area (Å²) < 4.78 is 27.7. The van der Waals surface area contributed by atoms with E-state index in [0.717, 1.165) is 29.7 Å². The van der Waals surface area contributed by atoms with Gasteiger partial charge >= 0.3 is 5.97 Å². The minimum absolute atomic E-state index is 0.00229. The zero-order valence-corrected chi connectivity index (χ0v) is 19.6. The molecule has 1 fully saturated rings. The molecule has 178 valence electrons. The maximum absolute atomic E-state index is 14.7. The summed E-state index contributed by atoms with van der Waals surface area (Å²) in [4.78, 5) is 15.8. The Morgan fingerprint density at radius 1 is 1.24 bits per heavy atom. The number of imidazole rings is 1. The minimum atomic E-state index is -0.787. The molecule has 1 aliphatic rings. The molecule has 1 unspecified atom stereocenters. The van der Waals surface area contributed by atoms with E-state index in [0.29, 0.717) is 28.8 Å². The quantitative estimate of drug-likeness (QED) is 0.399. The van der Waals surface area contributed by atoms with E-state index in [2.05, 4.69) is 4.98 Å². The third-order valence-corrected chi connectivity index (χ3v) is 5.97. The molecule has 1 N–H and O–H groups in total. The lowest BCUT2D eigenvalue weighted by Crippen LogP contribution is -2.08. The maximum Gasteiger partial charge on any atom is 0.303 e. The fourth-order valence-electron chi connectivity index (χ4n) is 4.16. The average Bonchev–Trinajstić information content (AvgIpc) is 3.58. The molecule has 0 spiro atoms. The number of allylic oxidation sites excluding steroid dienone is 1. The molecule has 1 aromatic heterocycles. The molecule has 1 saturated carbocycles. The van der Waals surface area contributed by atoms with Crippen molar-refractivity contribution >= 4 is 12.0 Å². The highest BCUT2D eigenvalue weighted by Gasteiger charge is 2.33. The van der Waals surface area contributed by atoms with Crippen LogP contribution in [0.4, 0.5) is 4.39 Å². The zero-order chi connectivity index (χ0) is 24.2. The molecule has 0 bridgehead atoms. The highest BCUT2D eigenvalue weighted by Crippen LogP contribution is 2.45. The van der Waals surface area contributed by atoms with Crippen molar-refractivity contribution in [3.8, 4) is 17.2 Å². The van der Waals surface area contributed by atoms with Crippen molar-refractivity contribution in [2.24, 2.45) is 5.92 Å². The lowest BCUT2D eigenvalue weighted by molar-refractivity contribution is -0.137. The van der Waals surface area contributed by atoms with Crippen molar-refractivity contribution in [2.45, 2.75) is 45.6 Å². The van der Waals surface area contributed by atoms with E-state index in [-0.39, 0.29) is 24.8 Å². The maximum atomic E-state index is 14.7. The van der Waals surface area contributed by atoms with Crippen molar-refractivity contribution in [1.82, 2.24) is 9.55 Å². The molecule has 0 radical (unpaired) electrons. The van der Waals surface area contributed by atoms with Gasteiger partial charge in [0.1, 0.15) is 35.9 Å². The predicted molar refractivity (Wildman–Crippen MR) is 128 cm³/mol. The molecule has 0 amide bonds. The standard InChI is InChI=1S/C27H29FN2O4/c1-17(2)11-26-24(29-16-30(26)25-13-20(33-3)9-10-23(25)28)15-34-21-6-4-5-19(12-21)22(14-27(31)32)18-7-8-18/h4-6,9-13,16,18,22H,7-8,14-15H2,1-3H3,(H,31,32). The van der Waals surface area contributed by atoms with Gasteiger partial charge < -0.3 is 14.6 Å². The van der Waals surface area contributed by atoms with Crippen molar-refractivity contribution < 1.29 is 23.8 Å². The van der Waals surface area contributed by atoms with Gasteiger partial charge in [-0.05, 0) is 74.4 Å². The van der Waals surface area contributed by atoms with E-state index in [1.54, 1.807) is 30.1 Å². The van der Waals surface area contributed by atoms with Crippen LogP contribution in [0, 0.1) is 11.7 Å². The molecule has 2 aromatic carbocycles. The first-order valence-corrected chi connectivity index (χ1v) is 11.3. The van der Waals surface area contributed by atoms with Gasteiger partial charge in [0.2, 0.25) is 0 Å². The fourth-order valence-corrected chi connectivity index (χ4v) is 4.16. The van der Waals surface area contributed by atoms with Crippen LogP contribution in [0.25, 0.3) is 11.8 Å². The number of hydrogen-bond donors (Lipinski definition) is 1. The normalized spacial score (nSPS) is 13.9. The summed E-state index contributed by atoms with van der Waals surface area (Å²) >= 11 is 0. The first kappa shape index (κ1) is 23.5. The highest BCUT2D eigenvalue weighted by atomic mass is 19.1. The topological polar surface area (TPSA) is 73.6 Å².